The molecular weight excluding hydrogens is 320 g/mol. The maximum atomic E-state index is 12.4. The second-order valence-corrected chi connectivity index (χ2v) is 6.96. The van der Waals surface area contributed by atoms with E-state index in [1.807, 2.05) is 43.3 Å². The first kappa shape index (κ1) is 15.1. The monoisotopic (exact) mass is 338 g/mol. The highest BCUT2D eigenvalue weighted by Gasteiger charge is 2.44. The van der Waals surface area contributed by atoms with E-state index >= 15 is 0 Å². The van der Waals surface area contributed by atoms with Crippen molar-refractivity contribution in [1.82, 2.24) is 4.98 Å². The van der Waals surface area contributed by atoms with Crippen LogP contribution in [0.25, 0.3) is 10.2 Å². The number of ether oxygens (including phenoxy) is 1. The fourth-order valence-corrected chi connectivity index (χ4v) is 3.86. The van der Waals surface area contributed by atoms with Crippen LogP contribution in [0.1, 0.15) is 24.8 Å². The molecule has 5 heteroatoms. The first-order chi connectivity index (χ1) is 11.7. The normalized spacial score (nSPS) is 19.2. The van der Waals surface area contributed by atoms with Crippen LogP contribution in [0, 0.1) is 5.92 Å². The van der Waals surface area contributed by atoms with Gasteiger partial charge in [-0.1, -0.05) is 41.7 Å². The molecular formula is C19H18N2O2S. The van der Waals surface area contributed by atoms with Crippen molar-refractivity contribution in [2.75, 3.05) is 11.9 Å². The number of amides is 1. The van der Waals surface area contributed by atoms with Crippen molar-refractivity contribution >= 4 is 32.6 Å². The zero-order valence-electron chi connectivity index (χ0n) is 13.4. The van der Waals surface area contributed by atoms with E-state index in [4.69, 9.17) is 4.74 Å². The van der Waals surface area contributed by atoms with Crippen molar-refractivity contribution in [2.24, 2.45) is 5.92 Å². The van der Waals surface area contributed by atoms with Gasteiger partial charge in [0.15, 0.2) is 5.13 Å². The number of nitrogens with one attached hydrogen (secondary N) is 1. The van der Waals surface area contributed by atoms with Crippen LogP contribution in [-0.2, 0) is 4.79 Å². The van der Waals surface area contributed by atoms with Crippen LogP contribution in [0.2, 0.25) is 0 Å². The maximum absolute atomic E-state index is 12.4. The summed E-state index contributed by atoms with van der Waals surface area (Å²) in [7, 11) is 0. The molecule has 1 saturated carbocycles. The second kappa shape index (κ2) is 6.24. The van der Waals surface area contributed by atoms with E-state index in [9.17, 15) is 4.79 Å². The molecule has 24 heavy (non-hydrogen) atoms. The van der Waals surface area contributed by atoms with Gasteiger partial charge < -0.3 is 10.1 Å². The molecule has 0 bridgehead atoms. The minimum Gasteiger partial charge on any atom is -0.494 e. The average molecular weight is 338 g/mol. The van der Waals surface area contributed by atoms with Gasteiger partial charge in [-0.15, -0.1) is 0 Å². The lowest BCUT2D eigenvalue weighted by Gasteiger charge is -2.01. The van der Waals surface area contributed by atoms with E-state index in [1.165, 1.54) is 16.9 Å². The second-order valence-electron chi connectivity index (χ2n) is 5.93. The van der Waals surface area contributed by atoms with Gasteiger partial charge in [0.25, 0.3) is 0 Å². The summed E-state index contributed by atoms with van der Waals surface area (Å²) in [5.74, 6) is 1.29. The van der Waals surface area contributed by atoms with Gasteiger partial charge in [0.05, 0.1) is 16.8 Å². The number of benzene rings is 2. The molecule has 3 aromatic rings. The van der Waals surface area contributed by atoms with Crippen molar-refractivity contribution < 1.29 is 9.53 Å². The van der Waals surface area contributed by atoms with Gasteiger partial charge in [-0.05, 0) is 43.0 Å². The molecule has 0 spiro atoms. The first-order valence-electron chi connectivity index (χ1n) is 8.14. The van der Waals surface area contributed by atoms with Crippen molar-refractivity contribution in [3.63, 3.8) is 0 Å². The lowest BCUT2D eigenvalue weighted by molar-refractivity contribution is -0.117. The van der Waals surface area contributed by atoms with E-state index in [1.54, 1.807) is 0 Å². The van der Waals surface area contributed by atoms with Crippen molar-refractivity contribution in [2.45, 2.75) is 19.3 Å². The van der Waals surface area contributed by atoms with Gasteiger partial charge in [0.2, 0.25) is 5.91 Å². The molecule has 4 nitrogen and oxygen atoms in total. The molecule has 0 aliphatic heterocycles. The summed E-state index contributed by atoms with van der Waals surface area (Å²) in [6, 6.07) is 16.0. The number of rotatable bonds is 5. The van der Waals surface area contributed by atoms with Crippen molar-refractivity contribution in [3.05, 3.63) is 54.1 Å². The molecule has 1 fully saturated rings. The van der Waals surface area contributed by atoms with Crippen LogP contribution >= 0.6 is 11.3 Å². The topological polar surface area (TPSA) is 51.2 Å². The molecule has 122 valence electrons. The van der Waals surface area contributed by atoms with Gasteiger partial charge in [-0.3, -0.25) is 4.79 Å². The third kappa shape index (κ3) is 2.99. The first-order valence-corrected chi connectivity index (χ1v) is 8.95. The fourth-order valence-electron chi connectivity index (χ4n) is 2.97. The van der Waals surface area contributed by atoms with Crippen LogP contribution in [0.3, 0.4) is 0 Å². The fraction of sp³-hybridized carbons (Fsp3) is 0.263. The highest BCUT2D eigenvalue weighted by Crippen LogP contribution is 2.48. The minimum absolute atomic E-state index is 0.0541. The molecule has 0 saturated heterocycles. The predicted molar refractivity (Wildman–Crippen MR) is 96.7 cm³/mol. The number of carbonyl (C=O) groups excluding carboxylic acids is 1. The summed E-state index contributed by atoms with van der Waals surface area (Å²) in [5.41, 5.74) is 2.12. The molecule has 0 radical (unpaired) electrons. The molecule has 1 amide bonds. The number of aromatic nitrogens is 1. The molecule has 1 aromatic heterocycles. The largest absolute Gasteiger partial charge is 0.494 e. The van der Waals surface area contributed by atoms with Gasteiger partial charge in [0, 0.05) is 5.92 Å². The van der Waals surface area contributed by atoms with E-state index in [-0.39, 0.29) is 11.8 Å². The van der Waals surface area contributed by atoms with E-state index in [0.29, 0.717) is 17.7 Å². The molecule has 0 unspecified atom stereocenters. The average Bonchev–Trinajstić information content (AvgIpc) is 3.30. The number of carbonyl (C=O) groups is 1. The quantitative estimate of drug-likeness (QED) is 0.748. The number of thiazole rings is 1. The van der Waals surface area contributed by atoms with Gasteiger partial charge in [0.1, 0.15) is 5.75 Å². The van der Waals surface area contributed by atoms with Crippen molar-refractivity contribution in [3.8, 4) is 5.75 Å². The van der Waals surface area contributed by atoms with Crippen LogP contribution < -0.4 is 10.1 Å². The van der Waals surface area contributed by atoms with Crippen molar-refractivity contribution in [1.29, 1.82) is 0 Å². The Morgan fingerprint density at radius 1 is 1.29 bits per heavy atom. The summed E-state index contributed by atoms with van der Waals surface area (Å²) < 4.78 is 6.53. The minimum atomic E-state index is 0.0541. The van der Waals surface area contributed by atoms with Crippen LogP contribution in [-0.4, -0.2) is 17.5 Å². The molecule has 2 aromatic carbocycles. The third-order valence-electron chi connectivity index (χ3n) is 4.26. The van der Waals surface area contributed by atoms with E-state index < -0.39 is 0 Å². The lowest BCUT2D eigenvalue weighted by atomic mass is 10.1. The maximum Gasteiger partial charge on any atom is 0.229 e. The summed E-state index contributed by atoms with van der Waals surface area (Å²) in [5, 5.41) is 3.63. The Morgan fingerprint density at radius 2 is 2.12 bits per heavy atom. The van der Waals surface area contributed by atoms with Crippen LogP contribution in [0.15, 0.2) is 48.5 Å². The van der Waals surface area contributed by atoms with Crippen LogP contribution in [0.5, 0.6) is 5.75 Å². The number of hydrogen-bond donors (Lipinski definition) is 1. The highest BCUT2D eigenvalue weighted by molar-refractivity contribution is 7.22. The number of hydrogen-bond acceptors (Lipinski definition) is 4. The summed E-state index contributed by atoms with van der Waals surface area (Å²) in [6.07, 6.45) is 0.912. The molecule has 1 heterocycles. The Labute approximate surface area is 144 Å². The summed E-state index contributed by atoms with van der Waals surface area (Å²) in [4.78, 5) is 16.9. The Morgan fingerprint density at radius 3 is 2.92 bits per heavy atom. The summed E-state index contributed by atoms with van der Waals surface area (Å²) >= 11 is 1.48. The number of nitrogens with zero attached hydrogens (tertiary/aromatic N) is 1. The van der Waals surface area contributed by atoms with Gasteiger partial charge >= 0.3 is 0 Å². The smallest absolute Gasteiger partial charge is 0.229 e. The lowest BCUT2D eigenvalue weighted by Crippen LogP contribution is -2.14. The molecule has 1 N–H and O–H groups in total. The Balaban J connectivity index is 1.45. The number of anilines is 1. The zero-order chi connectivity index (χ0) is 16.5. The standard InChI is InChI=1S/C19H18N2O2S/c1-2-23-13-8-9-16-17(10-13)24-19(20-16)21-18(22)15-11-14(15)12-6-4-3-5-7-12/h3-10,14-15H,2,11H2,1H3,(H,20,21,22)/t14-,15-/m1/s1. The SMILES string of the molecule is CCOc1ccc2nc(NC(=O)[C@@H]3C[C@@H]3c3ccccc3)sc2c1. The molecule has 4 rings (SSSR count). The Hall–Kier alpha value is -2.40. The number of fused-ring (bicyclic) bond motifs is 1. The molecule has 1 aliphatic rings. The predicted octanol–water partition coefficient (Wildman–Crippen LogP) is 4.44. The highest BCUT2D eigenvalue weighted by atomic mass is 32.1. The van der Waals surface area contributed by atoms with Gasteiger partial charge in [-0.25, -0.2) is 4.98 Å². The van der Waals surface area contributed by atoms with E-state index in [0.717, 1.165) is 22.4 Å². The third-order valence-corrected chi connectivity index (χ3v) is 5.19. The summed E-state index contributed by atoms with van der Waals surface area (Å²) in [6.45, 7) is 2.60. The van der Waals surface area contributed by atoms with Gasteiger partial charge in [-0.2, -0.15) is 0 Å². The Kier molecular flexibility index (Phi) is 3.94. The van der Waals surface area contributed by atoms with E-state index in [2.05, 4.69) is 22.4 Å². The Bertz CT molecular complexity index is 875. The van der Waals surface area contributed by atoms with Crippen LogP contribution in [0.4, 0.5) is 5.13 Å². The molecule has 1 aliphatic carbocycles. The zero-order valence-corrected chi connectivity index (χ0v) is 14.2. The molecule has 2 atom stereocenters.